The maximum Gasteiger partial charge on any atom is 0.0222 e. The molecular formula is C12H21N. The highest BCUT2D eigenvalue weighted by molar-refractivity contribution is 5.08. The Morgan fingerprint density at radius 1 is 1.23 bits per heavy atom. The Labute approximate surface area is 81.8 Å². The Morgan fingerprint density at radius 3 is 2.54 bits per heavy atom. The van der Waals surface area contributed by atoms with E-state index in [1.807, 2.05) is 0 Å². The third kappa shape index (κ3) is 3.67. The summed E-state index contributed by atoms with van der Waals surface area (Å²) in [4.78, 5) is 0. The van der Waals surface area contributed by atoms with E-state index in [1.165, 1.54) is 31.5 Å². The summed E-state index contributed by atoms with van der Waals surface area (Å²) in [7, 11) is 0. The number of rotatable bonds is 0. The molecule has 0 aliphatic carbocycles. The SMILES string of the molecule is CC(C)C.c1cc2n(c1)CCCC2. The summed E-state index contributed by atoms with van der Waals surface area (Å²) in [6, 6.07) is 4.36. The minimum absolute atomic E-state index is 0.833. The van der Waals surface area contributed by atoms with Crippen molar-refractivity contribution in [3.8, 4) is 0 Å². The second kappa shape index (κ2) is 5.11. The van der Waals surface area contributed by atoms with E-state index in [-0.39, 0.29) is 0 Å². The van der Waals surface area contributed by atoms with Gasteiger partial charge in [-0.05, 0) is 37.3 Å². The van der Waals surface area contributed by atoms with Gasteiger partial charge in [-0.25, -0.2) is 0 Å². The molecule has 13 heavy (non-hydrogen) atoms. The van der Waals surface area contributed by atoms with Crippen molar-refractivity contribution in [1.29, 1.82) is 0 Å². The molecule has 0 atom stereocenters. The number of hydrogen-bond acceptors (Lipinski definition) is 0. The van der Waals surface area contributed by atoms with Crippen molar-refractivity contribution in [3.05, 3.63) is 24.0 Å². The van der Waals surface area contributed by atoms with Crippen molar-refractivity contribution < 1.29 is 0 Å². The summed E-state index contributed by atoms with van der Waals surface area (Å²) >= 11 is 0. The van der Waals surface area contributed by atoms with Crippen LogP contribution in [-0.2, 0) is 13.0 Å². The number of aromatic nitrogens is 1. The molecule has 0 spiro atoms. The molecule has 0 N–H and O–H groups in total. The van der Waals surface area contributed by atoms with Gasteiger partial charge in [0.25, 0.3) is 0 Å². The van der Waals surface area contributed by atoms with Crippen molar-refractivity contribution in [1.82, 2.24) is 4.57 Å². The number of fused-ring (bicyclic) bond motifs is 1. The van der Waals surface area contributed by atoms with E-state index in [0.29, 0.717) is 0 Å². The second-order valence-electron chi connectivity index (χ2n) is 4.38. The minimum Gasteiger partial charge on any atom is -0.351 e. The van der Waals surface area contributed by atoms with Gasteiger partial charge < -0.3 is 4.57 Å². The monoisotopic (exact) mass is 179 g/mol. The summed E-state index contributed by atoms with van der Waals surface area (Å²) in [6.45, 7) is 7.74. The Morgan fingerprint density at radius 2 is 1.92 bits per heavy atom. The quantitative estimate of drug-likeness (QED) is 0.574. The van der Waals surface area contributed by atoms with E-state index in [4.69, 9.17) is 0 Å². The fourth-order valence-electron chi connectivity index (χ4n) is 1.48. The Hall–Kier alpha value is -0.720. The standard InChI is InChI=1S/C8H11N.C4H10/c1-2-6-9-7-3-5-8(9)4-1;1-4(2)3/h3,5,7H,1-2,4,6H2;4H,1-3H3. The van der Waals surface area contributed by atoms with Gasteiger partial charge in [-0.1, -0.05) is 20.8 Å². The van der Waals surface area contributed by atoms with Gasteiger partial charge in [0.15, 0.2) is 0 Å². The molecule has 2 heterocycles. The van der Waals surface area contributed by atoms with Crippen molar-refractivity contribution in [2.24, 2.45) is 5.92 Å². The molecule has 0 aromatic carbocycles. The molecule has 1 aromatic heterocycles. The van der Waals surface area contributed by atoms with Gasteiger partial charge in [-0.2, -0.15) is 0 Å². The lowest BCUT2D eigenvalue weighted by atomic mass is 10.1. The topological polar surface area (TPSA) is 4.93 Å². The lowest BCUT2D eigenvalue weighted by Crippen LogP contribution is -2.07. The van der Waals surface area contributed by atoms with Gasteiger partial charge in [0.05, 0.1) is 0 Å². The third-order valence-electron chi connectivity index (χ3n) is 2.01. The van der Waals surface area contributed by atoms with Crippen LogP contribution in [0.4, 0.5) is 0 Å². The highest BCUT2D eigenvalue weighted by atomic mass is 15.0. The first-order valence-corrected chi connectivity index (χ1v) is 5.34. The number of hydrogen-bond donors (Lipinski definition) is 0. The number of aryl methyl sites for hydroxylation is 2. The highest BCUT2D eigenvalue weighted by Crippen LogP contribution is 2.13. The first-order valence-electron chi connectivity index (χ1n) is 5.34. The van der Waals surface area contributed by atoms with Gasteiger partial charge in [0.1, 0.15) is 0 Å². The summed E-state index contributed by atoms with van der Waals surface area (Å²) < 4.78 is 2.35. The maximum absolute atomic E-state index is 2.35. The molecule has 1 heteroatoms. The van der Waals surface area contributed by atoms with E-state index in [2.05, 4.69) is 43.7 Å². The van der Waals surface area contributed by atoms with Crippen LogP contribution in [0.25, 0.3) is 0 Å². The van der Waals surface area contributed by atoms with Gasteiger partial charge in [-0.15, -0.1) is 0 Å². The van der Waals surface area contributed by atoms with Crippen LogP contribution in [-0.4, -0.2) is 4.57 Å². The predicted molar refractivity (Wildman–Crippen MR) is 57.9 cm³/mol. The molecule has 1 nitrogen and oxygen atoms in total. The van der Waals surface area contributed by atoms with Crippen molar-refractivity contribution in [2.75, 3.05) is 0 Å². The van der Waals surface area contributed by atoms with Crippen LogP contribution in [0, 0.1) is 5.92 Å². The summed E-state index contributed by atoms with van der Waals surface area (Å²) in [6.07, 6.45) is 6.20. The lowest BCUT2D eigenvalue weighted by molar-refractivity contribution is 0.533. The smallest absolute Gasteiger partial charge is 0.0222 e. The average Bonchev–Trinajstić information content (AvgIpc) is 2.49. The molecular weight excluding hydrogens is 158 g/mol. The van der Waals surface area contributed by atoms with Crippen LogP contribution >= 0.6 is 0 Å². The Bertz CT molecular complexity index is 212. The zero-order valence-corrected chi connectivity index (χ0v) is 9.09. The molecule has 0 amide bonds. The molecule has 2 rings (SSSR count). The van der Waals surface area contributed by atoms with Crippen LogP contribution in [0.2, 0.25) is 0 Å². The Balaban J connectivity index is 0.000000184. The van der Waals surface area contributed by atoms with Gasteiger partial charge in [-0.3, -0.25) is 0 Å². The average molecular weight is 179 g/mol. The zero-order chi connectivity index (χ0) is 9.68. The van der Waals surface area contributed by atoms with Crippen LogP contribution in [0.5, 0.6) is 0 Å². The highest BCUT2D eigenvalue weighted by Gasteiger charge is 2.04. The van der Waals surface area contributed by atoms with Crippen LogP contribution in [0.1, 0.15) is 39.3 Å². The van der Waals surface area contributed by atoms with E-state index in [9.17, 15) is 0 Å². The van der Waals surface area contributed by atoms with Crippen molar-refractivity contribution >= 4 is 0 Å². The summed E-state index contributed by atoms with van der Waals surface area (Å²) in [5, 5.41) is 0. The van der Waals surface area contributed by atoms with Gasteiger partial charge in [0, 0.05) is 18.4 Å². The first-order chi connectivity index (χ1) is 6.20. The molecule has 1 aromatic rings. The molecule has 74 valence electrons. The van der Waals surface area contributed by atoms with Crippen molar-refractivity contribution in [2.45, 2.75) is 46.6 Å². The van der Waals surface area contributed by atoms with Crippen LogP contribution in [0.15, 0.2) is 18.3 Å². The van der Waals surface area contributed by atoms with Crippen molar-refractivity contribution in [3.63, 3.8) is 0 Å². The largest absolute Gasteiger partial charge is 0.351 e. The Kier molecular flexibility index (Phi) is 4.07. The predicted octanol–water partition coefficient (Wildman–Crippen LogP) is 3.49. The molecule has 0 saturated heterocycles. The molecule has 1 aliphatic rings. The van der Waals surface area contributed by atoms with E-state index in [0.717, 1.165) is 5.92 Å². The fraction of sp³-hybridized carbons (Fsp3) is 0.667. The van der Waals surface area contributed by atoms with E-state index < -0.39 is 0 Å². The molecule has 0 radical (unpaired) electrons. The number of nitrogens with zero attached hydrogens (tertiary/aromatic N) is 1. The fourth-order valence-corrected chi connectivity index (χ4v) is 1.48. The minimum atomic E-state index is 0.833. The molecule has 1 aliphatic heterocycles. The lowest BCUT2D eigenvalue weighted by Gasteiger charge is -2.13. The molecule has 0 bridgehead atoms. The maximum atomic E-state index is 2.35. The second-order valence-corrected chi connectivity index (χ2v) is 4.38. The molecule has 0 unspecified atom stereocenters. The third-order valence-corrected chi connectivity index (χ3v) is 2.01. The molecule has 0 fully saturated rings. The van der Waals surface area contributed by atoms with Gasteiger partial charge in [0.2, 0.25) is 0 Å². The van der Waals surface area contributed by atoms with E-state index >= 15 is 0 Å². The molecule has 0 saturated carbocycles. The first kappa shape index (κ1) is 10.4. The zero-order valence-electron chi connectivity index (χ0n) is 9.09. The van der Waals surface area contributed by atoms with E-state index in [1.54, 1.807) is 0 Å². The summed E-state index contributed by atoms with van der Waals surface area (Å²) in [5.41, 5.74) is 1.52. The summed E-state index contributed by atoms with van der Waals surface area (Å²) in [5.74, 6) is 0.833. The van der Waals surface area contributed by atoms with Crippen LogP contribution < -0.4 is 0 Å². The normalized spacial score (nSPS) is 14.8. The van der Waals surface area contributed by atoms with Crippen LogP contribution in [0.3, 0.4) is 0 Å². The van der Waals surface area contributed by atoms with Gasteiger partial charge >= 0.3 is 0 Å².